The molecule has 0 aliphatic carbocycles. The van der Waals surface area contributed by atoms with Crippen molar-refractivity contribution in [3.05, 3.63) is 47.9 Å². The number of hydrogen-bond donors (Lipinski definition) is 0. The smallest absolute Gasteiger partial charge is 0.101 e. The Bertz CT molecular complexity index is 512. The molecule has 0 saturated carbocycles. The molecule has 2 rings (SSSR count). The molecule has 0 unspecified atom stereocenters. The lowest BCUT2D eigenvalue weighted by molar-refractivity contribution is 1.23. The van der Waals surface area contributed by atoms with E-state index in [4.69, 9.17) is 5.26 Å². The van der Waals surface area contributed by atoms with Crippen LogP contribution in [-0.4, -0.2) is 9.97 Å². The first-order valence-electron chi connectivity index (χ1n) is 4.58. The van der Waals surface area contributed by atoms with Crippen molar-refractivity contribution in [1.82, 2.24) is 9.97 Å². The molecule has 0 aliphatic heterocycles. The van der Waals surface area contributed by atoms with Crippen LogP contribution in [0.1, 0.15) is 11.1 Å². The van der Waals surface area contributed by atoms with Crippen LogP contribution in [0.4, 0.5) is 0 Å². The molecular formula is C12H9N3. The summed E-state index contributed by atoms with van der Waals surface area (Å²) in [6, 6.07) is 7.72. The molecule has 0 radical (unpaired) electrons. The molecule has 0 aromatic carbocycles. The van der Waals surface area contributed by atoms with Crippen LogP contribution in [0.3, 0.4) is 0 Å². The Hall–Kier alpha value is -2.21. The molecule has 0 atom stereocenters. The van der Waals surface area contributed by atoms with Gasteiger partial charge < -0.3 is 0 Å². The first-order valence-corrected chi connectivity index (χ1v) is 4.58. The lowest BCUT2D eigenvalue weighted by Gasteiger charge is -2.03. The SMILES string of the molecule is Cc1cc(C#N)cnc1-c1cccnc1. The fraction of sp³-hybridized carbons (Fsp3) is 0.0833. The van der Waals surface area contributed by atoms with Gasteiger partial charge in [0.15, 0.2) is 0 Å². The number of pyridine rings is 2. The molecule has 0 fully saturated rings. The van der Waals surface area contributed by atoms with E-state index in [0.717, 1.165) is 16.8 Å². The second kappa shape index (κ2) is 3.89. The van der Waals surface area contributed by atoms with Crippen molar-refractivity contribution in [2.45, 2.75) is 6.92 Å². The van der Waals surface area contributed by atoms with Crippen LogP contribution >= 0.6 is 0 Å². The maximum Gasteiger partial charge on any atom is 0.101 e. The molecule has 0 spiro atoms. The fourth-order valence-corrected chi connectivity index (χ4v) is 1.44. The van der Waals surface area contributed by atoms with Gasteiger partial charge in [-0.25, -0.2) is 0 Å². The summed E-state index contributed by atoms with van der Waals surface area (Å²) in [5.74, 6) is 0. The third-order valence-corrected chi connectivity index (χ3v) is 2.14. The summed E-state index contributed by atoms with van der Waals surface area (Å²) < 4.78 is 0. The molecule has 2 aromatic heterocycles. The Morgan fingerprint density at radius 1 is 1.33 bits per heavy atom. The van der Waals surface area contributed by atoms with Crippen LogP contribution < -0.4 is 0 Å². The highest BCUT2D eigenvalue weighted by Gasteiger charge is 2.03. The summed E-state index contributed by atoms with van der Waals surface area (Å²) in [5, 5.41) is 8.72. The van der Waals surface area contributed by atoms with Crippen molar-refractivity contribution in [2.24, 2.45) is 0 Å². The maximum atomic E-state index is 8.72. The highest BCUT2D eigenvalue weighted by atomic mass is 14.7. The average molecular weight is 195 g/mol. The lowest BCUT2D eigenvalue weighted by atomic mass is 10.1. The maximum absolute atomic E-state index is 8.72. The van der Waals surface area contributed by atoms with Gasteiger partial charge in [-0.2, -0.15) is 5.26 Å². The van der Waals surface area contributed by atoms with Crippen LogP contribution in [0.15, 0.2) is 36.8 Å². The third-order valence-electron chi connectivity index (χ3n) is 2.14. The van der Waals surface area contributed by atoms with E-state index < -0.39 is 0 Å². The summed E-state index contributed by atoms with van der Waals surface area (Å²) in [4.78, 5) is 8.30. The van der Waals surface area contributed by atoms with Gasteiger partial charge in [0.1, 0.15) is 6.07 Å². The van der Waals surface area contributed by atoms with Crippen molar-refractivity contribution >= 4 is 0 Å². The van der Waals surface area contributed by atoms with Crippen LogP contribution in [0, 0.1) is 18.3 Å². The minimum Gasteiger partial charge on any atom is -0.264 e. The van der Waals surface area contributed by atoms with E-state index >= 15 is 0 Å². The monoisotopic (exact) mass is 195 g/mol. The van der Waals surface area contributed by atoms with E-state index in [0.29, 0.717) is 5.56 Å². The van der Waals surface area contributed by atoms with Crippen LogP contribution in [-0.2, 0) is 0 Å². The normalized spacial score (nSPS) is 9.60. The predicted molar refractivity (Wildman–Crippen MR) is 56.9 cm³/mol. The standard InChI is InChI=1S/C12H9N3/c1-9-5-10(6-13)7-15-12(9)11-3-2-4-14-8-11/h2-5,7-8H,1H3. The number of aryl methyl sites for hydroxylation is 1. The number of nitrogens with zero attached hydrogens (tertiary/aromatic N) is 3. The van der Waals surface area contributed by atoms with E-state index in [1.54, 1.807) is 18.6 Å². The molecule has 3 nitrogen and oxygen atoms in total. The van der Waals surface area contributed by atoms with Gasteiger partial charge in [0.05, 0.1) is 11.3 Å². The van der Waals surface area contributed by atoms with Gasteiger partial charge >= 0.3 is 0 Å². The van der Waals surface area contributed by atoms with Gasteiger partial charge in [-0.15, -0.1) is 0 Å². The van der Waals surface area contributed by atoms with Crippen LogP contribution in [0.25, 0.3) is 11.3 Å². The van der Waals surface area contributed by atoms with Gasteiger partial charge in [-0.3, -0.25) is 9.97 Å². The summed E-state index contributed by atoms with van der Waals surface area (Å²) >= 11 is 0. The minimum atomic E-state index is 0.583. The van der Waals surface area contributed by atoms with Crippen molar-refractivity contribution in [3.8, 4) is 17.3 Å². The Kier molecular flexibility index (Phi) is 2.42. The van der Waals surface area contributed by atoms with Crippen molar-refractivity contribution in [2.75, 3.05) is 0 Å². The molecular weight excluding hydrogens is 186 g/mol. The molecule has 72 valence electrons. The highest BCUT2D eigenvalue weighted by Crippen LogP contribution is 2.19. The van der Waals surface area contributed by atoms with Gasteiger partial charge in [-0.1, -0.05) is 0 Å². The first kappa shape index (κ1) is 9.35. The van der Waals surface area contributed by atoms with E-state index in [-0.39, 0.29) is 0 Å². The van der Waals surface area contributed by atoms with Gasteiger partial charge in [0.25, 0.3) is 0 Å². The van der Waals surface area contributed by atoms with E-state index in [1.165, 1.54) is 0 Å². The minimum absolute atomic E-state index is 0.583. The Morgan fingerprint density at radius 2 is 2.20 bits per heavy atom. The molecule has 0 amide bonds. The molecule has 0 bridgehead atoms. The predicted octanol–water partition coefficient (Wildman–Crippen LogP) is 2.32. The van der Waals surface area contributed by atoms with E-state index in [1.807, 2.05) is 25.1 Å². The third kappa shape index (κ3) is 1.84. The van der Waals surface area contributed by atoms with E-state index in [2.05, 4.69) is 16.0 Å². The number of aromatic nitrogens is 2. The summed E-state index contributed by atoms with van der Waals surface area (Å²) in [6.07, 6.45) is 5.07. The van der Waals surface area contributed by atoms with E-state index in [9.17, 15) is 0 Å². The van der Waals surface area contributed by atoms with Gasteiger partial charge in [-0.05, 0) is 30.7 Å². The number of hydrogen-bond acceptors (Lipinski definition) is 3. The lowest BCUT2D eigenvalue weighted by Crippen LogP contribution is -1.90. The van der Waals surface area contributed by atoms with Crippen molar-refractivity contribution < 1.29 is 0 Å². The quantitative estimate of drug-likeness (QED) is 0.701. The molecule has 15 heavy (non-hydrogen) atoms. The zero-order chi connectivity index (χ0) is 10.7. The average Bonchev–Trinajstić information content (AvgIpc) is 2.30. The summed E-state index contributed by atoms with van der Waals surface area (Å²) in [7, 11) is 0. The van der Waals surface area contributed by atoms with Crippen LogP contribution in [0.2, 0.25) is 0 Å². The second-order valence-corrected chi connectivity index (χ2v) is 3.24. The Morgan fingerprint density at radius 3 is 2.80 bits per heavy atom. The molecule has 3 heteroatoms. The van der Waals surface area contributed by atoms with Gasteiger partial charge in [0.2, 0.25) is 0 Å². The molecule has 0 N–H and O–H groups in total. The molecule has 2 heterocycles. The molecule has 0 saturated heterocycles. The molecule has 0 aliphatic rings. The van der Waals surface area contributed by atoms with Crippen molar-refractivity contribution in [1.29, 1.82) is 5.26 Å². The largest absolute Gasteiger partial charge is 0.264 e. The number of rotatable bonds is 1. The topological polar surface area (TPSA) is 49.6 Å². The number of nitriles is 1. The van der Waals surface area contributed by atoms with Crippen LogP contribution in [0.5, 0.6) is 0 Å². The Balaban J connectivity index is 2.52. The zero-order valence-electron chi connectivity index (χ0n) is 8.31. The first-order chi connectivity index (χ1) is 7.31. The summed E-state index contributed by atoms with van der Waals surface area (Å²) in [5.41, 5.74) is 3.42. The zero-order valence-corrected chi connectivity index (χ0v) is 8.31. The van der Waals surface area contributed by atoms with Crippen molar-refractivity contribution in [3.63, 3.8) is 0 Å². The molecule has 2 aromatic rings. The fourth-order valence-electron chi connectivity index (χ4n) is 1.44. The summed E-state index contributed by atoms with van der Waals surface area (Å²) in [6.45, 7) is 1.94. The Labute approximate surface area is 88.1 Å². The highest BCUT2D eigenvalue weighted by molar-refractivity contribution is 5.62. The second-order valence-electron chi connectivity index (χ2n) is 3.24. The van der Waals surface area contributed by atoms with Gasteiger partial charge in [0, 0.05) is 24.2 Å².